The number of rotatable bonds is 4. The van der Waals surface area contributed by atoms with Crippen LogP contribution in [0.3, 0.4) is 0 Å². The molecular formula is C16H16BrN3O2S. The summed E-state index contributed by atoms with van der Waals surface area (Å²) in [6, 6.07) is 9.29. The molecule has 7 heteroatoms. The maximum atomic E-state index is 12.3. The fourth-order valence-corrected chi connectivity index (χ4v) is 3.24. The maximum absolute atomic E-state index is 12.3. The number of esters is 1. The molecule has 0 saturated carbocycles. The van der Waals surface area contributed by atoms with Crippen LogP contribution >= 0.6 is 27.7 Å². The van der Waals surface area contributed by atoms with Gasteiger partial charge in [-0.25, -0.2) is 9.79 Å². The third-order valence-electron chi connectivity index (χ3n) is 3.15. The zero-order chi connectivity index (χ0) is 16.8. The zero-order valence-electron chi connectivity index (χ0n) is 12.8. The second-order valence-electron chi connectivity index (χ2n) is 4.72. The average molecular weight is 394 g/mol. The van der Waals surface area contributed by atoms with E-state index in [1.54, 1.807) is 6.92 Å². The van der Waals surface area contributed by atoms with Gasteiger partial charge >= 0.3 is 5.97 Å². The Labute approximate surface area is 147 Å². The van der Waals surface area contributed by atoms with Crippen molar-refractivity contribution in [3.8, 4) is 6.07 Å². The summed E-state index contributed by atoms with van der Waals surface area (Å²) in [5, 5.41) is 12.5. The lowest BCUT2D eigenvalue weighted by molar-refractivity contribution is -0.138. The summed E-state index contributed by atoms with van der Waals surface area (Å²) < 4.78 is 6.09. The Morgan fingerprint density at radius 2 is 2.35 bits per heavy atom. The van der Waals surface area contributed by atoms with Gasteiger partial charge < -0.3 is 10.1 Å². The van der Waals surface area contributed by atoms with Gasteiger partial charge in [0.15, 0.2) is 5.17 Å². The lowest BCUT2D eigenvalue weighted by Crippen LogP contribution is -2.30. The highest BCUT2D eigenvalue weighted by molar-refractivity contribution is 9.10. The predicted octanol–water partition coefficient (Wildman–Crippen LogP) is 3.54. The molecule has 0 bridgehead atoms. The van der Waals surface area contributed by atoms with Crippen molar-refractivity contribution in [3.63, 3.8) is 0 Å². The minimum atomic E-state index is -0.450. The van der Waals surface area contributed by atoms with Gasteiger partial charge in [0, 0.05) is 10.2 Å². The number of ether oxygens (including phenoxy) is 1. The second kappa shape index (κ2) is 8.18. The fraction of sp³-hybridized carbons (Fsp3) is 0.312. The van der Waals surface area contributed by atoms with Crippen LogP contribution in [-0.2, 0) is 9.53 Å². The number of aliphatic imine (C=N–C) groups is 1. The third kappa shape index (κ3) is 4.36. The van der Waals surface area contributed by atoms with Gasteiger partial charge in [0.1, 0.15) is 6.04 Å². The fourth-order valence-electron chi connectivity index (χ4n) is 2.21. The van der Waals surface area contributed by atoms with Crippen LogP contribution in [0.25, 0.3) is 0 Å². The average Bonchev–Trinajstić information content (AvgIpc) is 2.52. The predicted molar refractivity (Wildman–Crippen MR) is 94.9 cm³/mol. The molecule has 1 heterocycles. The van der Waals surface area contributed by atoms with Gasteiger partial charge in [-0.2, -0.15) is 5.26 Å². The highest BCUT2D eigenvalue weighted by Crippen LogP contribution is 2.33. The number of carbonyl (C=O) groups is 1. The Balaban J connectivity index is 2.43. The van der Waals surface area contributed by atoms with E-state index in [1.807, 2.05) is 31.2 Å². The van der Waals surface area contributed by atoms with Crippen LogP contribution in [0.1, 0.15) is 25.5 Å². The van der Waals surface area contributed by atoms with Crippen LogP contribution in [-0.4, -0.2) is 23.5 Å². The Morgan fingerprint density at radius 3 is 3.00 bits per heavy atom. The molecule has 0 saturated heterocycles. The van der Waals surface area contributed by atoms with Crippen LogP contribution < -0.4 is 5.32 Å². The van der Waals surface area contributed by atoms with Crippen molar-refractivity contribution in [2.75, 3.05) is 12.4 Å². The summed E-state index contributed by atoms with van der Waals surface area (Å²) >= 11 is 4.75. The van der Waals surface area contributed by atoms with Crippen LogP contribution in [0.2, 0.25) is 0 Å². The summed E-state index contributed by atoms with van der Waals surface area (Å²) in [6.45, 7) is 3.90. The van der Waals surface area contributed by atoms with E-state index in [4.69, 9.17) is 10.00 Å². The van der Waals surface area contributed by atoms with Gasteiger partial charge in [0.2, 0.25) is 0 Å². The van der Waals surface area contributed by atoms with Crippen LogP contribution in [0, 0.1) is 11.3 Å². The summed E-state index contributed by atoms with van der Waals surface area (Å²) in [4.78, 5) is 16.9. The first kappa shape index (κ1) is 17.6. The van der Waals surface area contributed by atoms with Crippen LogP contribution in [0.4, 0.5) is 0 Å². The second-order valence-corrected chi connectivity index (χ2v) is 6.60. The molecule has 1 aromatic rings. The molecule has 120 valence electrons. The molecule has 23 heavy (non-hydrogen) atoms. The van der Waals surface area contributed by atoms with Crippen molar-refractivity contribution in [2.24, 2.45) is 4.99 Å². The van der Waals surface area contributed by atoms with E-state index in [2.05, 4.69) is 32.3 Å². The highest BCUT2D eigenvalue weighted by atomic mass is 79.9. The number of nitrogens with one attached hydrogen (secondary N) is 1. The number of hydrogen-bond donors (Lipinski definition) is 1. The zero-order valence-corrected chi connectivity index (χ0v) is 15.2. The first-order valence-corrected chi connectivity index (χ1v) is 8.82. The lowest BCUT2D eigenvalue weighted by atomic mass is 9.97. The van der Waals surface area contributed by atoms with Crippen molar-refractivity contribution in [1.82, 2.24) is 5.32 Å². The van der Waals surface area contributed by atoms with Gasteiger partial charge in [-0.15, -0.1) is 0 Å². The minimum Gasteiger partial charge on any atom is -0.463 e. The molecule has 0 aliphatic carbocycles. The van der Waals surface area contributed by atoms with E-state index in [-0.39, 0.29) is 5.97 Å². The Hall–Kier alpha value is -1.78. The van der Waals surface area contributed by atoms with E-state index in [0.29, 0.717) is 28.8 Å². The number of allylic oxidation sites excluding steroid dienone is 1. The molecule has 1 N–H and O–H groups in total. The number of amidine groups is 1. The number of hydrogen-bond acceptors (Lipinski definition) is 6. The summed E-state index contributed by atoms with van der Waals surface area (Å²) in [5.74, 6) is -0.0884. The van der Waals surface area contributed by atoms with Crippen LogP contribution in [0.15, 0.2) is 45.0 Å². The molecule has 0 aromatic heterocycles. The van der Waals surface area contributed by atoms with Crippen LogP contribution in [0.5, 0.6) is 0 Å². The van der Waals surface area contributed by atoms with Gasteiger partial charge in [-0.05, 0) is 31.5 Å². The third-order valence-corrected chi connectivity index (χ3v) is 4.40. The molecule has 0 fully saturated rings. The summed E-state index contributed by atoms with van der Waals surface area (Å²) in [6.07, 6.45) is 0. The van der Waals surface area contributed by atoms with Crippen molar-refractivity contribution in [1.29, 1.82) is 5.26 Å². The molecule has 0 amide bonds. The highest BCUT2D eigenvalue weighted by Gasteiger charge is 2.30. The van der Waals surface area contributed by atoms with E-state index in [0.717, 1.165) is 10.0 Å². The monoisotopic (exact) mass is 393 g/mol. The Morgan fingerprint density at radius 1 is 1.57 bits per heavy atom. The molecule has 1 aliphatic heterocycles. The molecule has 0 radical (unpaired) electrons. The standard InChI is InChI=1S/C16H16BrN3O2S/c1-3-22-15(21)13-10(2)19-16(23-8-7-18)20-14(13)11-5-4-6-12(17)9-11/h4-6,9,14H,3,8H2,1-2H3,(H,19,20). The molecule has 1 aliphatic rings. The first-order valence-electron chi connectivity index (χ1n) is 7.04. The lowest BCUT2D eigenvalue weighted by Gasteiger charge is -2.25. The minimum absolute atomic E-state index is 0.291. The number of nitriles is 1. The largest absolute Gasteiger partial charge is 0.463 e. The van der Waals surface area contributed by atoms with Crippen molar-refractivity contribution >= 4 is 38.8 Å². The molecule has 1 atom stereocenters. The van der Waals surface area contributed by atoms with Gasteiger partial charge in [0.25, 0.3) is 0 Å². The molecule has 2 rings (SSSR count). The van der Waals surface area contributed by atoms with Gasteiger partial charge in [-0.1, -0.05) is 39.8 Å². The molecule has 1 aromatic carbocycles. The van der Waals surface area contributed by atoms with E-state index in [9.17, 15) is 4.79 Å². The van der Waals surface area contributed by atoms with E-state index < -0.39 is 6.04 Å². The van der Waals surface area contributed by atoms with E-state index in [1.165, 1.54) is 11.8 Å². The number of benzene rings is 1. The normalized spacial score (nSPS) is 17.1. The smallest absolute Gasteiger partial charge is 0.338 e. The Bertz CT molecular complexity index is 710. The molecule has 0 spiro atoms. The van der Waals surface area contributed by atoms with Crippen molar-refractivity contribution in [2.45, 2.75) is 19.9 Å². The maximum Gasteiger partial charge on any atom is 0.338 e. The Kier molecular flexibility index (Phi) is 6.25. The number of nitrogens with zero attached hydrogens (tertiary/aromatic N) is 2. The molecule has 5 nitrogen and oxygen atoms in total. The number of halogens is 1. The first-order chi connectivity index (χ1) is 11.1. The topological polar surface area (TPSA) is 74.5 Å². The SMILES string of the molecule is CCOC(=O)C1=C(C)NC(SCC#N)=NC1c1cccc(Br)c1. The van der Waals surface area contributed by atoms with Gasteiger partial charge in [0.05, 0.1) is 24.0 Å². The quantitative estimate of drug-likeness (QED) is 0.791. The van der Waals surface area contributed by atoms with Crippen molar-refractivity contribution in [3.05, 3.63) is 45.6 Å². The number of thioether (sulfide) groups is 1. The summed E-state index contributed by atoms with van der Waals surface area (Å²) in [5.41, 5.74) is 2.08. The number of carbonyl (C=O) groups excluding carboxylic acids is 1. The molecule has 1 unspecified atom stereocenters. The van der Waals surface area contributed by atoms with Gasteiger partial charge in [-0.3, -0.25) is 0 Å². The summed E-state index contributed by atoms with van der Waals surface area (Å²) in [7, 11) is 0. The van der Waals surface area contributed by atoms with E-state index >= 15 is 0 Å². The van der Waals surface area contributed by atoms with Crippen molar-refractivity contribution < 1.29 is 9.53 Å². The molecular weight excluding hydrogens is 378 g/mol.